The molecule has 0 saturated carbocycles. The van der Waals surface area contributed by atoms with E-state index < -0.39 is 16.7 Å². The second-order valence-corrected chi connectivity index (χ2v) is 5.75. The molecule has 128 valence electrons. The minimum Gasteiger partial charge on any atom is -0.343 e. The van der Waals surface area contributed by atoms with Crippen molar-refractivity contribution in [3.8, 4) is 0 Å². The molecule has 0 saturated heterocycles. The maximum atomic E-state index is 11.9. The van der Waals surface area contributed by atoms with Gasteiger partial charge in [0.25, 0.3) is 17.5 Å². The highest BCUT2D eigenvalue weighted by molar-refractivity contribution is 9.10. The van der Waals surface area contributed by atoms with Gasteiger partial charge in [0.05, 0.1) is 17.7 Å². The van der Waals surface area contributed by atoms with Gasteiger partial charge in [-0.25, -0.2) is 5.43 Å². The molecular formula is C16H13BrN4O4. The summed E-state index contributed by atoms with van der Waals surface area (Å²) in [5.41, 5.74) is 3.19. The highest BCUT2D eigenvalue weighted by atomic mass is 79.9. The van der Waals surface area contributed by atoms with Gasteiger partial charge in [-0.15, -0.1) is 0 Å². The third-order valence-electron chi connectivity index (χ3n) is 3.00. The van der Waals surface area contributed by atoms with Gasteiger partial charge in [-0.1, -0.05) is 28.1 Å². The molecule has 2 amide bonds. The zero-order chi connectivity index (χ0) is 18.2. The number of hydrazone groups is 1. The minimum absolute atomic E-state index is 0.115. The number of hydrogen-bond acceptors (Lipinski definition) is 5. The minimum atomic E-state index is -0.557. The Labute approximate surface area is 151 Å². The number of nitrogens with one attached hydrogen (secondary N) is 2. The molecule has 0 heterocycles. The first kappa shape index (κ1) is 18.3. The topological polar surface area (TPSA) is 114 Å². The Morgan fingerprint density at radius 1 is 1.20 bits per heavy atom. The number of rotatable bonds is 6. The summed E-state index contributed by atoms with van der Waals surface area (Å²) in [5.74, 6) is -1.01. The molecule has 0 aromatic heterocycles. The van der Waals surface area contributed by atoms with E-state index in [-0.39, 0.29) is 17.8 Å². The van der Waals surface area contributed by atoms with E-state index in [1.165, 1.54) is 30.5 Å². The standard InChI is InChI=1S/C16H13BrN4O4/c17-13-3-1-2-11(8-13)9-19-20-15(22)10-18-16(23)12-4-6-14(7-5-12)21(24)25/h1-9H,10H2,(H,18,23)(H,20,22)/b19-9-. The van der Waals surface area contributed by atoms with E-state index in [1.807, 2.05) is 24.3 Å². The molecule has 9 heteroatoms. The normalized spacial score (nSPS) is 10.4. The van der Waals surface area contributed by atoms with E-state index in [0.717, 1.165) is 10.0 Å². The summed E-state index contributed by atoms with van der Waals surface area (Å²) in [6.07, 6.45) is 1.47. The molecule has 0 bridgehead atoms. The molecule has 0 radical (unpaired) electrons. The summed E-state index contributed by atoms with van der Waals surface area (Å²) in [7, 11) is 0. The smallest absolute Gasteiger partial charge is 0.269 e. The van der Waals surface area contributed by atoms with Crippen LogP contribution >= 0.6 is 15.9 Å². The number of non-ortho nitro benzene ring substituents is 1. The van der Waals surface area contributed by atoms with Crippen LogP contribution in [-0.4, -0.2) is 29.5 Å². The fourth-order valence-electron chi connectivity index (χ4n) is 1.80. The second kappa shape index (κ2) is 8.69. The molecule has 2 aromatic carbocycles. The van der Waals surface area contributed by atoms with Crippen LogP contribution in [-0.2, 0) is 4.79 Å². The van der Waals surface area contributed by atoms with Crippen molar-refractivity contribution < 1.29 is 14.5 Å². The molecular weight excluding hydrogens is 392 g/mol. The summed E-state index contributed by atoms with van der Waals surface area (Å²) in [6.45, 7) is -0.272. The second-order valence-electron chi connectivity index (χ2n) is 4.83. The molecule has 2 aromatic rings. The molecule has 2 rings (SSSR count). The summed E-state index contributed by atoms with van der Waals surface area (Å²) < 4.78 is 0.887. The maximum Gasteiger partial charge on any atom is 0.269 e. The molecule has 0 spiro atoms. The van der Waals surface area contributed by atoms with Crippen molar-refractivity contribution in [2.45, 2.75) is 0 Å². The van der Waals surface area contributed by atoms with E-state index in [4.69, 9.17) is 0 Å². The molecule has 0 fully saturated rings. The number of nitro benzene ring substituents is 1. The van der Waals surface area contributed by atoms with E-state index in [1.54, 1.807) is 0 Å². The van der Waals surface area contributed by atoms with Crippen molar-refractivity contribution in [1.29, 1.82) is 0 Å². The van der Waals surface area contributed by atoms with Crippen molar-refractivity contribution in [3.05, 3.63) is 74.2 Å². The summed E-state index contributed by atoms with van der Waals surface area (Å²) in [6, 6.07) is 12.4. The third kappa shape index (κ3) is 5.81. The number of amides is 2. The van der Waals surface area contributed by atoms with Gasteiger partial charge in [0.2, 0.25) is 0 Å². The van der Waals surface area contributed by atoms with Crippen LogP contribution in [0.1, 0.15) is 15.9 Å². The van der Waals surface area contributed by atoms with Crippen molar-refractivity contribution in [1.82, 2.24) is 10.7 Å². The first-order chi connectivity index (χ1) is 12.0. The zero-order valence-electron chi connectivity index (χ0n) is 12.8. The maximum absolute atomic E-state index is 11.9. The number of benzene rings is 2. The lowest BCUT2D eigenvalue weighted by atomic mass is 10.2. The lowest BCUT2D eigenvalue weighted by molar-refractivity contribution is -0.384. The van der Waals surface area contributed by atoms with Gasteiger partial charge in [0, 0.05) is 22.2 Å². The lowest BCUT2D eigenvalue weighted by Crippen LogP contribution is -2.34. The van der Waals surface area contributed by atoms with Crippen LogP contribution in [0.4, 0.5) is 5.69 Å². The Bertz CT molecular complexity index is 821. The first-order valence-corrected chi connectivity index (χ1v) is 7.85. The van der Waals surface area contributed by atoms with Gasteiger partial charge in [0.15, 0.2) is 0 Å². The Kier molecular flexibility index (Phi) is 6.35. The zero-order valence-corrected chi connectivity index (χ0v) is 14.4. The average molecular weight is 405 g/mol. The van der Waals surface area contributed by atoms with Crippen LogP contribution in [0.15, 0.2) is 58.1 Å². The van der Waals surface area contributed by atoms with Crippen LogP contribution in [0.2, 0.25) is 0 Å². The van der Waals surface area contributed by atoms with Gasteiger partial charge in [0.1, 0.15) is 0 Å². The predicted octanol–water partition coefficient (Wildman–Crippen LogP) is 2.24. The number of carbonyl (C=O) groups excluding carboxylic acids is 2. The monoisotopic (exact) mass is 404 g/mol. The van der Waals surface area contributed by atoms with E-state index >= 15 is 0 Å². The molecule has 0 aliphatic rings. The van der Waals surface area contributed by atoms with Crippen molar-refractivity contribution >= 4 is 39.6 Å². The lowest BCUT2D eigenvalue weighted by Gasteiger charge is -2.04. The van der Waals surface area contributed by atoms with Crippen LogP contribution in [0.5, 0.6) is 0 Å². The molecule has 25 heavy (non-hydrogen) atoms. The fraction of sp³-hybridized carbons (Fsp3) is 0.0625. The van der Waals surface area contributed by atoms with E-state index in [0.29, 0.717) is 0 Å². The molecule has 8 nitrogen and oxygen atoms in total. The van der Waals surface area contributed by atoms with Crippen LogP contribution in [0, 0.1) is 10.1 Å². The van der Waals surface area contributed by atoms with Crippen molar-refractivity contribution in [3.63, 3.8) is 0 Å². The first-order valence-electron chi connectivity index (χ1n) is 7.06. The Morgan fingerprint density at radius 2 is 1.92 bits per heavy atom. The number of nitrogens with zero attached hydrogens (tertiary/aromatic N) is 2. The third-order valence-corrected chi connectivity index (χ3v) is 3.49. The van der Waals surface area contributed by atoms with Gasteiger partial charge < -0.3 is 5.32 Å². The summed E-state index contributed by atoms with van der Waals surface area (Å²) >= 11 is 3.32. The van der Waals surface area contributed by atoms with E-state index in [2.05, 4.69) is 31.8 Å². The SMILES string of the molecule is O=C(CNC(=O)c1ccc([N+](=O)[O-])cc1)N/N=C\c1cccc(Br)c1. The molecule has 0 unspecified atom stereocenters. The van der Waals surface area contributed by atoms with Gasteiger partial charge in [-0.2, -0.15) is 5.10 Å². The van der Waals surface area contributed by atoms with Crippen LogP contribution < -0.4 is 10.7 Å². The highest BCUT2D eigenvalue weighted by Gasteiger charge is 2.10. The Morgan fingerprint density at radius 3 is 2.56 bits per heavy atom. The fourth-order valence-corrected chi connectivity index (χ4v) is 2.22. The molecule has 0 atom stereocenters. The average Bonchev–Trinajstić information content (AvgIpc) is 2.60. The number of halogens is 1. The number of nitro groups is 1. The predicted molar refractivity (Wildman–Crippen MR) is 95.3 cm³/mol. The number of carbonyl (C=O) groups is 2. The van der Waals surface area contributed by atoms with E-state index in [9.17, 15) is 19.7 Å². The summed E-state index contributed by atoms with van der Waals surface area (Å²) in [5, 5.41) is 16.8. The highest BCUT2D eigenvalue weighted by Crippen LogP contribution is 2.11. The molecule has 0 aliphatic carbocycles. The quantitative estimate of drug-likeness (QED) is 0.436. The van der Waals surface area contributed by atoms with Crippen molar-refractivity contribution in [2.75, 3.05) is 6.54 Å². The van der Waals surface area contributed by atoms with Gasteiger partial charge >= 0.3 is 0 Å². The Hall–Kier alpha value is -3.07. The Balaban J connectivity index is 1.81. The van der Waals surface area contributed by atoms with Gasteiger partial charge in [-0.3, -0.25) is 19.7 Å². The largest absolute Gasteiger partial charge is 0.343 e. The van der Waals surface area contributed by atoms with Crippen LogP contribution in [0.3, 0.4) is 0 Å². The van der Waals surface area contributed by atoms with Crippen molar-refractivity contribution in [2.24, 2.45) is 5.10 Å². The molecule has 2 N–H and O–H groups in total. The van der Waals surface area contributed by atoms with Crippen LogP contribution in [0.25, 0.3) is 0 Å². The number of hydrogen-bond donors (Lipinski definition) is 2. The summed E-state index contributed by atoms with van der Waals surface area (Å²) in [4.78, 5) is 33.5. The molecule has 0 aliphatic heterocycles. The van der Waals surface area contributed by atoms with Gasteiger partial charge in [-0.05, 0) is 29.8 Å².